The molecule has 1 amide bonds. The number of hydrogen-bond donors (Lipinski definition) is 2. The van der Waals surface area contributed by atoms with Gasteiger partial charge in [-0.25, -0.2) is 9.18 Å². The molecular formula is C26H24FN3O5. The number of ether oxygens (including phenoxy) is 1. The van der Waals surface area contributed by atoms with Crippen LogP contribution in [0, 0.1) is 19.7 Å². The van der Waals surface area contributed by atoms with Crippen molar-refractivity contribution in [2.24, 2.45) is 0 Å². The minimum atomic E-state index is -1.18. The minimum Gasteiger partial charge on any atom is -0.507 e. The number of H-pyrrole nitrogens is 1. The molecule has 3 aromatic rings. The van der Waals surface area contributed by atoms with E-state index in [9.17, 15) is 23.9 Å². The molecule has 0 aliphatic carbocycles. The van der Waals surface area contributed by atoms with E-state index in [1.165, 1.54) is 23.1 Å². The third-order valence-corrected chi connectivity index (χ3v) is 5.97. The fraction of sp³-hybridized carbons (Fsp3) is 0.231. The predicted octanol–water partition coefficient (Wildman–Crippen LogP) is 3.96. The topological polar surface area (TPSA) is 113 Å². The van der Waals surface area contributed by atoms with Gasteiger partial charge in [-0.2, -0.15) is 0 Å². The van der Waals surface area contributed by atoms with E-state index in [1.807, 2.05) is 0 Å². The van der Waals surface area contributed by atoms with Gasteiger partial charge in [0.1, 0.15) is 17.3 Å². The number of Topliss-reactive ketones (excluding diaryl/α,β-unsaturated/α-hetero) is 1. The molecule has 1 atom stereocenters. The molecule has 0 unspecified atom stereocenters. The second-order valence-corrected chi connectivity index (χ2v) is 8.16. The number of carbonyl (C=O) groups excluding carboxylic acids is 3. The van der Waals surface area contributed by atoms with Crippen LogP contribution >= 0.6 is 0 Å². The lowest BCUT2D eigenvalue weighted by Crippen LogP contribution is -2.29. The molecule has 180 valence electrons. The van der Waals surface area contributed by atoms with Crippen LogP contribution in [0.4, 0.5) is 4.39 Å². The number of ketones is 1. The van der Waals surface area contributed by atoms with Gasteiger partial charge in [0.05, 0.1) is 18.2 Å². The van der Waals surface area contributed by atoms with Crippen molar-refractivity contribution in [3.8, 4) is 0 Å². The zero-order chi connectivity index (χ0) is 25.3. The van der Waals surface area contributed by atoms with E-state index < -0.39 is 35.3 Å². The molecule has 9 heteroatoms. The number of benzene rings is 1. The number of carbonyl (C=O) groups is 3. The van der Waals surface area contributed by atoms with Gasteiger partial charge in [0, 0.05) is 35.8 Å². The number of aromatic nitrogens is 2. The molecule has 2 N–H and O–H groups in total. The Labute approximate surface area is 201 Å². The van der Waals surface area contributed by atoms with Gasteiger partial charge in [-0.15, -0.1) is 0 Å². The normalized spacial score (nSPS) is 17.1. The summed E-state index contributed by atoms with van der Waals surface area (Å²) in [5, 5.41) is 11.4. The molecule has 0 saturated carbocycles. The van der Waals surface area contributed by atoms with Crippen LogP contribution in [0.2, 0.25) is 0 Å². The highest BCUT2D eigenvalue weighted by atomic mass is 19.1. The standard InChI is InChI=1S/C26H24FN3O5/c1-4-35-26(34)21-14(2)19(15(3)29-21)23(31)20-22(17-9-5-6-10-18(17)27)30(25(33)24(20)32)13-16-8-7-11-28-12-16/h5-12,22,29,31H,4,13H2,1-3H3/b23-20+/t22-/m1/s1. The number of nitrogens with zero attached hydrogens (tertiary/aromatic N) is 2. The van der Waals surface area contributed by atoms with E-state index in [4.69, 9.17) is 4.74 Å². The van der Waals surface area contributed by atoms with Gasteiger partial charge in [0.2, 0.25) is 0 Å². The average molecular weight is 477 g/mol. The monoisotopic (exact) mass is 477 g/mol. The second kappa shape index (κ2) is 9.54. The Bertz CT molecular complexity index is 1350. The summed E-state index contributed by atoms with van der Waals surface area (Å²) in [5.41, 5.74) is 1.50. The fourth-order valence-corrected chi connectivity index (χ4v) is 4.40. The van der Waals surface area contributed by atoms with E-state index in [0.29, 0.717) is 16.8 Å². The Morgan fingerprint density at radius 1 is 1.20 bits per heavy atom. The van der Waals surface area contributed by atoms with Crippen molar-refractivity contribution >= 4 is 23.4 Å². The van der Waals surface area contributed by atoms with E-state index in [1.54, 1.807) is 51.4 Å². The third kappa shape index (κ3) is 4.21. The van der Waals surface area contributed by atoms with Gasteiger partial charge in [-0.1, -0.05) is 24.3 Å². The fourth-order valence-electron chi connectivity index (χ4n) is 4.40. The highest BCUT2D eigenvalue weighted by Crippen LogP contribution is 2.42. The Morgan fingerprint density at radius 3 is 2.60 bits per heavy atom. The Balaban J connectivity index is 1.91. The summed E-state index contributed by atoms with van der Waals surface area (Å²) in [7, 11) is 0. The quantitative estimate of drug-likeness (QED) is 0.241. The summed E-state index contributed by atoms with van der Waals surface area (Å²) in [6, 6.07) is 8.02. The van der Waals surface area contributed by atoms with E-state index in [2.05, 4.69) is 9.97 Å². The molecule has 1 fully saturated rings. The maximum Gasteiger partial charge on any atom is 0.355 e. The second-order valence-electron chi connectivity index (χ2n) is 8.16. The number of rotatable bonds is 6. The number of esters is 1. The largest absolute Gasteiger partial charge is 0.507 e. The molecule has 4 rings (SSSR count). The van der Waals surface area contributed by atoms with Gasteiger partial charge >= 0.3 is 5.97 Å². The predicted molar refractivity (Wildman–Crippen MR) is 125 cm³/mol. The maximum absolute atomic E-state index is 15.0. The van der Waals surface area contributed by atoms with Crippen LogP contribution in [0.1, 0.15) is 51.4 Å². The van der Waals surface area contributed by atoms with Gasteiger partial charge < -0.3 is 19.7 Å². The van der Waals surface area contributed by atoms with Gasteiger partial charge in [0.15, 0.2) is 0 Å². The van der Waals surface area contributed by atoms with Crippen LogP contribution in [-0.2, 0) is 20.9 Å². The first-order chi connectivity index (χ1) is 16.8. The zero-order valence-corrected chi connectivity index (χ0v) is 19.5. The summed E-state index contributed by atoms with van der Waals surface area (Å²) in [6.45, 7) is 5.02. The van der Waals surface area contributed by atoms with Gasteiger partial charge in [-0.05, 0) is 44.0 Å². The van der Waals surface area contributed by atoms with Gasteiger partial charge in [0.25, 0.3) is 11.7 Å². The van der Waals surface area contributed by atoms with Crippen LogP contribution in [0.15, 0.2) is 54.4 Å². The molecule has 0 bridgehead atoms. The van der Waals surface area contributed by atoms with E-state index in [-0.39, 0.29) is 35.5 Å². The summed E-state index contributed by atoms with van der Waals surface area (Å²) >= 11 is 0. The lowest BCUT2D eigenvalue weighted by molar-refractivity contribution is -0.140. The maximum atomic E-state index is 15.0. The first kappa shape index (κ1) is 23.9. The van der Waals surface area contributed by atoms with Crippen molar-refractivity contribution in [1.29, 1.82) is 0 Å². The molecule has 1 aliphatic heterocycles. The van der Waals surface area contributed by atoms with Crippen LogP contribution in [0.5, 0.6) is 0 Å². The number of halogens is 1. The molecule has 3 heterocycles. The van der Waals surface area contributed by atoms with Crippen molar-refractivity contribution in [2.75, 3.05) is 6.61 Å². The van der Waals surface area contributed by atoms with Crippen molar-refractivity contribution in [3.05, 3.63) is 93.8 Å². The zero-order valence-electron chi connectivity index (χ0n) is 19.5. The molecule has 1 saturated heterocycles. The van der Waals surface area contributed by atoms with Crippen LogP contribution in [0.3, 0.4) is 0 Å². The van der Waals surface area contributed by atoms with E-state index >= 15 is 0 Å². The smallest absolute Gasteiger partial charge is 0.355 e. The lowest BCUT2D eigenvalue weighted by Gasteiger charge is -2.25. The third-order valence-electron chi connectivity index (χ3n) is 5.97. The Hall–Kier alpha value is -4.27. The molecular weight excluding hydrogens is 453 g/mol. The number of likely N-dealkylation sites (tertiary alicyclic amines) is 1. The number of amides is 1. The number of nitrogens with one attached hydrogen (secondary N) is 1. The van der Waals surface area contributed by atoms with Gasteiger partial charge in [-0.3, -0.25) is 14.6 Å². The molecule has 0 radical (unpaired) electrons. The van der Waals surface area contributed by atoms with E-state index in [0.717, 1.165) is 0 Å². The van der Waals surface area contributed by atoms with Crippen LogP contribution in [0.25, 0.3) is 5.76 Å². The van der Waals surface area contributed by atoms with Crippen molar-refractivity contribution in [2.45, 2.75) is 33.4 Å². The van der Waals surface area contributed by atoms with Crippen LogP contribution in [-0.4, -0.2) is 44.2 Å². The van der Waals surface area contributed by atoms with Crippen molar-refractivity contribution in [1.82, 2.24) is 14.9 Å². The van der Waals surface area contributed by atoms with Crippen molar-refractivity contribution in [3.63, 3.8) is 0 Å². The SMILES string of the molecule is CCOC(=O)c1[nH]c(C)c(/C(O)=C2\C(=O)C(=O)N(Cc3cccnc3)[C@@H]2c2ccccc2F)c1C. The van der Waals surface area contributed by atoms with Crippen molar-refractivity contribution < 1.29 is 28.6 Å². The lowest BCUT2D eigenvalue weighted by atomic mass is 9.93. The molecule has 0 spiro atoms. The Kier molecular flexibility index (Phi) is 6.50. The average Bonchev–Trinajstić information content (AvgIpc) is 3.27. The molecule has 2 aromatic heterocycles. The number of pyridine rings is 1. The molecule has 1 aromatic carbocycles. The number of aromatic amines is 1. The molecule has 1 aliphatic rings. The number of hydrogen-bond acceptors (Lipinski definition) is 6. The first-order valence-corrected chi connectivity index (χ1v) is 11.0. The highest BCUT2D eigenvalue weighted by molar-refractivity contribution is 6.46. The molecule has 35 heavy (non-hydrogen) atoms. The summed E-state index contributed by atoms with van der Waals surface area (Å²) in [4.78, 5) is 46.8. The minimum absolute atomic E-state index is 0.0205. The first-order valence-electron chi connectivity index (χ1n) is 11.0. The Morgan fingerprint density at radius 2 is 1.94 bits per heavy atom. The molecule has 8 nitrogen and oxygen atoms in total. The summed E-state index contributed by atoms with van der Waals surface area (Å²) < 4.78 is 20.0. The number of aliphatic hydroxyl groups is 1. The summed E-state index contributed by atoms with van der Waals surface area (Å²) in [6.07, 6.45) is 3.12. The number of aliphatic hydroxyl groups excluding tert-OH is 1. The highest BCUT2D eigenvalue weighted by Gasteiger charge is 2.47. The van der Waals surface area contributed by atoms with Crippen LogP contribution < -0.4 is 0 Å². The number of aryl methyl sites for hydroxylation is 1. The summed E-state index contributed by atoms with van der Waals surface area (Å²) in [5.74, 6) is -3.56.